The van der Waals surface area contributed by atoms with Gasteiger partial charge in [-0.1, -0.05) is 25.0 Å². The number of carbonyl (C=O) groups excluding carboxylic acids is 1. The zero-order valence-corrected chi connectivity index (χ0v) is 16.6. The fourth-order valence-electron chi connectivity index (χ4n) is 4.18. The lowest BCUT2D eigenvalue weighted by Gasteiger charge is -2.24. The quantitative estimate of drug-likeness (QED) is 0.530. The molecule has 1 aliphatic heterocycles. The van der Waals surface area contributed by atoms with Gasteiger partial charge in [0.25, 0.3) is 0 Å². The third kappa shape index (κ3) is 5.96. The van der Waals surface area contributed by atoms with Crippen LogP contribution in [0.3, 0.4) is 0 Å². The van der Waals surface area contributed by atoms with Crippen molar-refractivity contribution >= 4 is 17.6 Å². The van der Waals surface area contributed by atoms with Crippen LogP contribution in [0.4, 0.5) is 5.69 Å². The number of anilines is 1. The van der Waals surface area contributed by atoms with Crippen LogP contribution >= 0.6 is 0 Å². The van der Waals surface area contributed by atoms with Crippen LogP contribution in [0, 0.1) is 0 Å². The summed E-state index contributed by atoms with van der Waals surface area (Å²) in [5.41, 5.74) is 2.07. The van der Waals surface area contributed by atoms with E-state index < -0.39 is 0 Å². The third-order valence-electron chi connectivity index (χ3n) is 5.61. The van der Waals surface area contributed by atoms with Crippen molar-refractivity contribution in [1.82, 2.24) is 15.5 Å². The Bertz CT molecular complexity index is 636. The molecule has 1 saturated heterocycles. The van der Waals surface area contributed by atoms with Crippen molar-refractivity contribution in [2.45, 2.75) is 57.5 Å². The Morgan fingerprint density at radius 2 is 1.93 bits per heavy atom. The smallest absolute Gasteiger partial charge is 0.221 e. The lowest BCUT2D eigenvalue weighted by molar-refractivity contribution is -0.114. The van der Waals surface area contributed by atoms with E-state index in [9.17, 15) is 4.79 Å². The van der Waals surface area contributed by atoms with Crippen molar-refractivity contribution in [3.8, 4) is 0 Å². The molecule has 3 N–H and O–H groups in total. The van der Waals surface area contributed by atoms with Crippen LogP contribution in [-0.2, 0) is 11.2 Å². The maximum absolute atomic E-state index is 11.1. The Morgan fingerprint density at radius 3 is 2.59 bits per heavy atom. The summed E-state index contributed by atoms with van der Waals surface area (Å²) in [6.07, 6.45) is 7.66. The zero-order valence-electron chi connectivity index (χ0n) is 16.6. The van der Waals surface area contributed by atoms with Gasteiger partial charge in [0.1, 0.15) is 0 Å². The number of benzene rings is 1. The lowest BCUT2D eigenvalue weighted by Crippen LogP contribution is -2.45. The van der Waals surface area contributed by atoms with E-state index in [0.717, 1.165) is 37.2 Å². The van der Waals surface area contributed by atoms with Crippen molar-refractivity contribution < 1.29 is 4.79 Å². The molecular weight excluding hydrogens is 338 g/mol. The number of rotatable bonds is 6. The molecule has 1 aromatic carbocycles. The van der Waals surface area contributed by atoms with Gasteiger partial charge in [-0.05, 0) is 43.4 Å². The normalized spacial score (nSPS) is 21.4. The van der Waals surface area contributed by atoms with Crippen LogP contribution in [0.25, 0.3) is 0 Å². The van der Waals surface area contributed by atoms with Crippen LogP contribution < -0.4 is 16.0 Å². The molecule has 6 heteroatoms. The summed E-state index contributed by atoms with van der Waals surface area (Å²) in [6, 6.07) is 9.31. The first-order valence-corrected chi connectivity index (χ1v) is 10.2. The first kappa shape index (κ1) is 19.7. The monoisotopic (exact) mass is 371 g/mol. The molecule has 0 aromatic heterocycles. The molecule has 1 unspecified atom stereocenters. The molecule has 1 heterocycles. The van der Waals surface area contributed by atoms with E-state index in [4.69, 9.17) is 0 Å². The Morgan fingerprint density at radius 1 is 1.19 bits per heavy atom. The standard InChI is InChI=1S/C21H33N5O/c1-16(27)24-18-9-7-17(8-10-18)11-13-23-21(22-2)25-19-12-14-26(15-19)20-5-3-4-6-20/h7-10,19-20H,3-6,11-15H2,1-2H3,(H,24,27)(H2,22,23,25). The van der Waals surface area contributed by atoms with Crippen molar-refractivity contribution in [3.63, 3.8) is 0 Å². The van der Waals surface area contributed by atoms with Gasteiger partial charge in [0, 0.05) is 51.4 Å². The SMILES string of the molecule is CN=C(NCCc1ccc(NC(C)=O)cc1)NC1CCN(C2CCCC2)C1. The van der Waals surface area contributed by atoms with Crippen molar-refractivity contribution in [2.24, 2.45) is 4.99 Å². The first-order valence-electron chi connectivity index (χ1n) is 10.2. The molecule has 6 nitrogen and oxygen atoms in total. The highest BCUT2D eigenvalue weighted by Gasteiger charge is 2.30. The molecule has 0 radical (unpaired) electrons. The van der Waals surface area contributed by atoms with Crippen molar-refractivity contribution in [1.29, 1.82) is 0 Å². The summed E-state index contributed by atoms with van der Waals surface area (Å²) in [6.45, 7) is 4.70. The topological polar surface area (TPSA) is 68.8 Å². The van der Waals surface area contributed by atoms with Crippen LogP contribution in [-0.4, -0.2) is 55.5 Å². The fourth-order valence-corrected chi connectivity index (χ4v) is 4.18. The summed E-state index contributed by atoms with van der Waals surface area (Å²) >= 11 is 0. The molecular formula is C21H33N5O. The van der Waals surface area contributed by atoms with Crippen LogP contribution in [0.1, 0.15) is 44.6 Å². The van der Waals surface area contributed by atoms with Gasteiger partial charge in [0.15, 0.2) is 5.96 Å². The molecule has 0 spiro atoms. The van der Waals surface area contributed by atoms with Gasteiger partial charge in [-0.3, -0.25) is 14.7 Å². The Balaban J connectivity index is 1.38. The Labute approximate surface area is 162 Å². The van der Waals surface area contributed by atoms with E-state index in [1.165, 1.54) is 51.1 Å². The predicted molar refractivity (Wildman–Crippen MR) is 111 cm³/mol. The summed E-state index contributed by atoms with van der Waals surface area (Å²) in [5, 5.41) is 9.80. The third-order valence-corrected chi connectivity index (χ3v) is 5.61. The number of hydrogen-bond acceptors (Lipinski definition) is 3. The maximum atomic E-state index is 11.1. The molecule has 1 aliphatic carbocycles. The number of nitrogens with one attached hydrogen (secondary N) is 3. The second kappa shape index (κ2) is 9.74. The molecule has 1 saturated carbocycles. The van der Waals surface area contributed by atoms with Gasteiger partial charge in [0.05, 0.1) is 0 Å². The maximum Gasteiger partial charge on any atom is 0.221 e. The van der Waals surface area contributed by atoms with E-state index in [2.05, 4.69) is 38.0 Å². The van der Waals surface area contributed by atoms with E-state index in [1.807, 2.05) is 19.2 Å². The van der Waals surface area contributed by atoms with Gasteiger partial charge >= 0.3 is 0 Å². The molecule has 2 fully saturated rings. The minimum absolute atomic E-state index is 0.0438. The molecule has 1 atom stereocenters. The van der Waals surface area contributed by atoms with Gasteiger partial charge in [-0.2, -0.15) is 0 Å². The van der Waals surface area contributed by atoms with Gasteiger partial charge in [-0.15, -0.1) is 0 Å². The molecule has 0 bridgehead atoms. The molecule has 148 valence electrons. The molecule has 1 amide bonds. The average Bonchev–Trinajstić information content (AvgIpc) is 3.33. The number of aliphatic imine (C=N–C) groups is 1. The number of guanidine groups is 1. The number of carbonyl (C=O) groups is 1. The second-order valence-corrected chi connectivity index (χ2v) is 7.69. The number of likely N-dealkylation sites (tertiary alicyclic amines) is 1. The van der Waals surface area contributed by atoms with E-state index in [-0.39, 0.29) is 5.91 Å². The highest BCUT2D eigenvalue weighted by Crippen LogP contribution is 2.26. The van der Waals surface area contributed by atoms with Crippen LogP contribution in [0.2, 0.25) is 0 Å². The van der Waals surface area contributed by atoms with Crippen molar-refractivity contribution in [3.05, 3.63) is 29.8 Å². The van der Waals surface area contributed by atoms with Gasteiger partial charge in [-0.25, -0.2) is 0 Å². The van der Waals surface area contributed by atoms with E-state index in [0.29, 0.717) is 6.04 Å². The predicted octanol–water partition coefficient (Wildman–Crippen LogP) is 2.37. The molecule has 1 aromatic rings. The van der Waals surface area contributed by atoms with Crippen molar-refractivity contribution in [2.75, 3.05) is 32.0 Å². The summed E-state index contributed by atoms with van der Waals surface area (Å²) in [7, 11) is 1.83. The fraction of sp³-hybridized carbons (Fsp3) is 0.619. The molecule has 3 rings (SSSR count). The average molecular weight is 372 g/mol. The Kier molecular flexibility index (Phi) is 7.10. The number of nitrogens with zero attached hydrogens (tertiary/aromatic N) is 2. The second-order valence-electron chi connectivity index (χ2n) is 7.69. The van der Waals surface area contributed by atoms with Crippen LogP contribution in [0.15, 0.2) is 29.3 Å². The summed E-state index contributed by atoms with van der Waals surface area (Å²) in [5.74, 6) is 0.848. The van der Waals surface area contributed by atoms with Gasteiger partial charge < -0.3 is 16.0 Å². The summed E-state index contributed by atoms with van der Waals surface area (Å²) in [4.78, 5) is 18.1. The highest BCUT2D eigenvalue weighted by molar-refractivity contribution is 5.88. The highest BCUT2D eigenvalue weighted by atomic mass is 16.1. The first-order chi connectivity index (χ1) is 13.1. The Hall–Kier alpha value is -2.08. The molecule has 27 heavy (non-hydrogen) atoms. The number of amides is 1. The minimum atomic E-state index is -0.0438. The largest absolute Gasteiger partial charge is 0.356 e. The zero-order chi connectivity index (χ0) is 19.1. The van der Waals surface area contributed by atoms with E-state index in [1.54, 1.807) is 0 Å². The van der Waals surface area contributed by atoms with Crippen LogP contribution in [0.5, 0.6) is 0 Å². The summed E-state index contributed by atoms with van der Waals surface area (Å²) < 4.78 is 0. The van der Waals surface area contributed by atoms with E-state index >= 15 is 0 Å². The minimum Gasteiger partial charge on any atom is -0.356 e. The molecule has 2 aliphatic rings. The van der Waals surface area contributed by atoms with Gasteiger partial charge in [0.2, 0.25) is 5.91 Å². The lowest BCUT2D eigenvalue weighted by atomic mass is 10.1. The number of hydrogen-bond donors (Lipinski definition) is 3.